The normalized spacial score (nSPS) is 10.2. The lowest BCUT2D eigenvalue weighted by molar-refractivity contribution is 0.102. The van der Waals surface area contributed by atoms with E-state index < -0.39 is 0 Å². The quantitative estimate of drug-likeness (QED) is 0.728. The van der Waals surface area contributed by atoms with Gasteiger partial charge in [0.15, 0.2) is 0 Å². The summed E-state index contributed by atoms with van der Waals surface area (Å²) in [4.78, 5) is 12.4. The van der Waals surface area contributed by atoms with Gasteiger partial charge in [0.2, 0.25) is 0 Å². The molecule has 0 aliphatic rings. The molecular formula is C20H17NO. The molecule has 0 atom stereocenters. The molecule has 0 fully saturated rings. The van der Waals surface area contributed by atoms with Crippen LogP contribution in [0.5, 0.6) is 0 Å². The molecule has 22 heavy (non-hydrogen) atoms. The number of aryl methyl sites for hydroxylation is 1. The molecule has 0 aromatic heterocycles. The summed E-state index contributed by atoms with van der Waals surface area (Å²) in [7, 11) is 0. The number of hydrogen-bond acceptors (Lipinski definition) is 1. The van der Waals surface area contributed by atoms with Crippen LogP contribution in [0.3, 0.4) is 0 Å². The third-order valence-electron chi connectivity index (χ3n) is 3.51. The third kappa shape index (κ3) is 3.23. The first kappa shape index (κ1) is 14.1. The van der Waals surface area contributed by atoms with Crippen LogP contribution < -0.4 is 5.32 Å². The van der Waals surface area contributed by atoms with Crippen LogP contribution >= 0.6 is 0 Å². The molecule has 3 aromatic rings. The van der Waals surface area contributed by atoms with E-state index in [0.29, 0.717) is 5.56 Å². The summed E-state index contributed by atoms with van der Waals surface area (Å²) in [6.45, 7) is 2.01. The predicted molar refractivity (Wildman–Crippen MR) is 91.0 cm³/mol. The first-order chi connectivity index (χ1) is 10.7. The zero-order valence-electron chi connectivity index (χ0n) is 12.4. The molecule has 1 amide bonds. The average Bonchev–Trinajstić information content (AvgIpc) is 2.56. The van der Waals surface area contributed by atoms with Crippen molar-refractivity contribution in [2.45, 2.75) is 6.92 Å². The maximum Gasteiger partial charge on any atom is 0.255 e. The summed E-state index contributed by atoms with van der Waals surface area (Å²) < 4.78 is 0. The van der Waals surface area contributed by atoms with Crippen molar-refractivity contribution in [3.05, 3.63) is 90.0 Å². The Morgan fingerprint density at radius 1 is 0.773 bits per heavy atom. The van der Waals surface area contributed by atoms with Crippen LogP contribution in [-0.2, 0) is 0 Å². The van der Waals surface area contributed by atoms with E-state index in [1.165, 1.54) is 0 Å². The van der Waals surface area contributed by atoms with E-state index in [1.54, 1.807) is 0 Å². The molecule has 0 heterocycles. The van der Waals surface area contributed by atoms with Gasteiger partial charge in [-0.3, -0.25) is 4.79 Å². The largest absolute Gasteiger partial charge is 0.322 e. The number of benzene rings is 3. The van der Waals surface area contributed by atoms with E-state index in [0.717, 1.165) is 22.4 Å². The Bertz CT molecular complexity index is 794. The minimum absolute atomic E-state index is 0.0941. The lowest BCUT2D eigenvalue weighted by Crippen LogP contribution is -2.11. The van der Waals surface area contributed by atoms with Crippen LogP contribution in [-0.4, -0.2) is 5.91 Å². The number of anilines is 1. The van der Waals surface area contributed by atoms with Crippen LogP contribution in [0.1, 0.15) is 15.9 Å². The molecular weight excluding hydrogens is 270 g/mol. The highest BCUT2D eigenvalue weighted by molar-refractivity contribution is 6.05. The minimum atomic E-state index is -0.0941. The van der Waals surface area contributed by atoms with Crippen molar-refractivity contribution in [2.75, 3.05) is 5.32 Å². The van der Waals surface area contributed by atoms with Gasteiger partial charge in [0.05, 0.1) is 0 Å². The Morgan fingerprint density at radius 2 is 1.50 bits per heavy atom. The van der Waals surface area contributed by atoms with E-state index >= 15 is 0 Å². The lowest BCUT2D eigenvalue weighted by Gasteiger charge is -2.08. The number of carbonyl (C=O) groups excluding carboxylic acids is 1. The number of amides is 1. The molecule has 2 nitrogen and oxygen atoms in total. The summed E-state index contributed by atoms with van der Waals surface area (Å²) >= 11 is 0. The van der Waals surface area contributed by atoms with Gasteiger partial charge in [-0.05, 0) is 47.9 Å². The van der Waals surface area contributed by atoms with E-state index in [2.05, 4.69) is 5.32 Å². The molecule has 0 saturated carbocycles. The zero-order chi connectivity index (χ0) is 15.4. The Hall–Kier alpha value is -2.87. The molecule has 3 rings (SSSR count). The SMILES string of the molecule is Cc1cccc(NC(=O)c2cccc(-c3ccccc3)c2)c1. The molecule has 0 aliphatic heterocycles. The highest BCUT2D eigenvalue weighted by Gasteiger charge is 2.07. The first-order valence-corrected chi connectivity index (χ1v) is 7.26. The van der Waals surface area contributed by atoms with Crippen molar-refractivity contribution in [2.24, 2.45) is 0 Å². The molecule has 0 spiro atoms. The fraction of sp³-hybridized carbons (Fsp3) is 0.0500. The van der Waals surface area contributed by atoms with Gasteiger partial charge in [-0.1, -0.05) is 54.6 Å². The summed E-state index contributed by atoms with van der Waals surface area (Å²) in [5, 5.41) is 2.94. The van der Waals surface area contributed by atoms with E-state index in [4.69, 9.17) is 0 Å². The standard InChI is InChI=1S/C20H17NO/c1-15-7-5-12-19(13-15)21-20(22)18-11-6-10-17(14-18)16-8-3-2-4-9-16/h2-14H,1H3,(H,21,22). The van der Waals surface area contributed by atoms with Gasteiger partial charge in [-0.2, -0.15) is 0 Å². The Morgan fingerprint density at radius 3 is 2.27 bits per heavy atom. The molecule has 0 saturated heterocycles. The van der Waals surface area contributed by atoms with Crippen molar-refractivity contribution in [3.63, 3.8) is 0 Å². The van der Waals surface area contributed by atoms with Gasteiger partial charge in [0.1, 0.15) is 0 Å². The Kier molecular flexibility index (Phi) is 4.01. The van der Waals surface area contributed by atoms with Crippen LogP contribution in [0, 0.1) is 6.92 Å². The van der Waals surface area contributed by atoms with Gasteiger partial charge in [0, 0.05) is 11.3 Å². The molecule has 0 radical (unpaired) electrons. The van der Waals surface area contributed by atoms with Gasteiger partial charge in [0.25, 0.3) is 5.91 Å². The summed E-state index contributed by atoms with van der Waals surface area (Å²) in [5.41, 5.74) is 4.74. The molecule has 0 unspecified atom stereocenters. The third-order valence-corrected chi connectivity index (χ3v) is 3.51. The Labute approximate surface area is 130 Å². The summed E-state index contributed by atoms with van der Waals surface area (Å²) in [6, 6.07) is 25.5. The van der Waals surface area contributed by atoms with Crippen LogP contribution in [0.25, 0.3) is 11.1 Å². The van der Waals surface area contributed by atoms with Gasteiger partial charge in [-0.15, -0.1) is 0 Å². The average molecular weight is 287 g/mol. The Balaban J connectivity index is 1.84. The molecule has 3 aromatic carbocycles. The van der Waals surface area contributed by atoms with Crippen molar-refractivity contribution >= 4 is 11.6 Å². The van der Waals surface area contributed by atoms with Gasteiger partial charge >= 0.3 is 0 Å². The lowest BCUT2D eigenvalue weighted by atomic mass is 10.0. The second-order valence-corrected chi connectivity index (χ2v) is 5.27. The smallest absolute Gasteiger partial charge is 0.255 e. The number of hydrogen-bond donors (Lipinski definition) is 1. The van der Waals surface area contributed by atoms with Gasteiger partial charge < -0.3 is 5.32 Å². The molecule has 0 bridgehead atoms. The predicted octanol–water partition coefficient (Wildman–Crippen LogP) is 4.91. The first-order valence-electron chi connectivity index (χ1n) is 7.26. The maximum atomic E-state index is 12.4. The molecule has 1 N–H and O–H groups in total. The summed E-state index contributed by atoms with van der Waals surface area (Å²) in [5.74, 6) is -0.0941. The van der Waals surface area contributed by atoms with Crippen LogP contribution in [0.2, 0.25) is 0 Å². The monoisotopic (exact) mass is 287 g/mol. The second kappa shape index (κ2) is 6.27. The highest BCUT2D eigenvalue weighted by atomic mass is 16.1. The fourth-order valence-corrected chi connectivity index (χ4v) is 2.40. The van der Waals surface area contributed by atoms with Gasteiger partial charge in [-0.25, -0.2) is 0 Å². The summed E-state index contributed by atoms with van der Waals surface area (Å²) in [6.07, 6.45) is 0. The van der Waals surface area contributed by atoms with Crippen molar-refractivity contribution < 1.29 is 4.79 Å². The number of rotatable bonds is 3. The topological polar surface area (TPSA) is 29.1 Å². The van der Waals surface area contributed by atoms with E-state index in [1.807, 2.05) is 85.8 Å². The van der Waals surface area contributed by atoms with E-state index in [9.17, 15) is 4.79 Å². The molecule has 2 heteroatoms. The number of nitrogens with one attached hydrogen (secondary N) is 1. The second-order valence-electron chi connectivity index (χ2n) is 5.27. The fourth-order valence-electron chi connectivity index (χ4n) is 2.40. The van der Waals surface area contributed by atoms with Crippen molar-refractivity contribution in [1.29, 1.82) is 0 Å². The van der Waals surface area contributed by atoms with Crippen LogP contribution in [0.15, 0.2) is 78.9 Å². The van der Waals surface area contributed by atoms with Crippen LogP contribution in [0.4, 0.5) is 5.69 Å². The van der Waals surface area contributed by atoms with Crippen molar-refractivity contribution in [3.8, 4) is 11.1 Å². The van der Waals surface area contributed by atoms with E-state index in [-0.39, 0.29) is 5.91 Å². The zero-order valence-corrected chi connectivity index (χ0v) is 12.4. The minimum Gasteiger partial charge on any atom is -0.322 e. The number of carbonyl (C=O) groups is 1. The van der Waals surface area contributed by atoms with Crippen molar-refractivity contribution in [1.82, 2.24) is 0 Å². The maximum absolute atomic E-state index is 12.4. The molecule has 108 valence electrons. The molecule has 0 aliphatic carbocycles. The highest BCUT2D eigenvalue weighted by Crippen LogP contribution is 2.20.